The van der Waals surface area contributed by atoms with Crippen LogP contribution in [0.4, 0.5) is 0 Å². The van der Waals surface area contributed by atoms with E-state index in [1.807, 2.05) is 12.2 Å². The molecule has 1 aliphatic rings. The Morgan fingerprint density at radius 2 is 2.31 bits per heavy atom. The molecule has 1 rings (SSSR count). The van der Waals surface area contributed by atoms with Gasteiger partial charge in [0.05, 0.1) is 12.2 Å². The fourth-order valence-electron chi connectivity index (χ4n) is 1.65. The molecule has 92 valence electrons. The summed E-state index contributed by atoms with van der Waals surface area (Å²) in [6, 6.07) is 0. The Balaban J connectivity index is 2.60. The Morgan fingerprint density at radius 1 is 1.56 bits per heavy atom. The van der Waals surface area contributed by atoms with E-state index in [2.05, 4.69) is 6.58 Å². The fraction of sp³-hybridized carbons (Fsp3) is 0.667. The standard InChI is InChI=1S/C12H20O4/c1-4-5-10-6-7-11(15-8-14-3)12(16-10)9(2)13/h4,6-7,9-13H,1,5,8H2,2-3H3/t9?,10-,11-,12-/m0/s1. The molecule has 16 heavy (non-hydrogen) atoms. The van der Waals surface area contributed by atoms with Crippen molar-refractivity contribution in [1.82, 2.24) is 0 Å². The SMILES string of the molecule is C=CC[C@H]1C=C[C@H](OCOC)[C@H](C(C)O)O1. The minimum absolute atomic E-state index is 0.0282. The normalized spacial score (nSPS) is 31.3. The van der Waals surface area contributed by atoms with Crippen molar-refractivity contribution in [3.63, 3.8) is 0 Å². The van der Waals surface area contributed by atoms with Crippen molar-refractivity contribution in [2.45, 2.75) is 37.8 Å². The molecule has 4 nitrogen and oxygen atoms in total. The summed E-state index contributed by atoms with van der Waals surface area (Å²) in [7, 11) is 1.56. The second-order valence-corrected chi connectivity index (χ2v) is 3.83. The van der Waals surface area contributed by atoms with Crippen molar-refractivity contribution in [2.75, 3.05) is 13.9 Å². The molecular formula is C12H20O4. The minimum atomic E-state index is -0.584. The minimum Gasteiger partial charge on any atom is -0.391 e. The first kappa shape index (κ1) is 13.4. The van der Waals surface area contributed by atoms with Crippen molar-refractivity contribution in [2.24, 2.45) is 0 Å². The number of ether oxygens (including phenoxy) is 3. The van der Waals surface area contributed by atoms with Crippen LogP contribution in [0.1, 0.15) is 13.3 Å². The average Bonchev–Trinajstić information content (AvgIpc) is 2.27. The zero-order valence-corrected chi connectivity index (χ0v) is 9.83. The molecule has 0 spiro atoms. The topological polar surface area (TPSA) is 47.9 Å². The first-order chi connectivity index (χ1) is 7.69. The second kappa shape index (κ2) is 6.81. The third-order valence-electron chi connectivity index (χ3n) is 2.42. The molecule has 0 radical (unpaired) electrons. The number of aliphatic hydroxyl groups is 1. The maximum absolute atomic E-state index is 9.63. The molecule has 4 atom stereocenters. The lowest BCUT2D eigenvalue weighted by molar-refractivity contribution is -0.154. The molecule has 0 saturated heterocycles. The van der Waals surface area contributed by atoms with Gasteiger partial charge in [-0.1, -0.05) is 18.2 Å². The van der Waals surface area contributed by atoms with Crippen molar-refractivity contribution in [1.29, 1.82) is 0 Å². The van der Waals surface area contributed by atoms with Crippen LogP contribution in [-0.2, 0) is 14.2 Å². The van der Waals surface area contributed by atoms with Crippen LogP contribution in [0.15, 0.2) is 24.8 Å². The predicted molar refractivity (Wildman–Crippen MR) is 61.0 cm³/mol. The smallest absolute Gasteiger partial charge is 0.147 e. The summed E-state index contributed by atoms with van der Waals surface area (Å²) in [6.45, 7) is 5.55. The molecule has 0 aromatic heterocycles. The first-order valence-corrected chi connectivity index (χ1v) is 5.42. The Kier molecular flexibility index (Phi) is 5.69. The van der Waals surface area contributed by atoms with Crippen LogP contribution in [0, 0.1) is 0 Å². The van der Waals surface area contributed by atoms with Crippen molar-refractivity contribution in [3.05, 3.63) is 24.8 Å². The van der Waals surface area contributed by atoms with Gasteiger partial charge in [0, 0.05) is 7.11 Å². The lowest BCUT2D eigenvalue weighted by Gasteiger charge is -2.33. The van der Waals surface area contributed by atoms with Gasteiger partial charge >= 0.3 is 0 Å². The average molecular weight is 228 g/mol. The van der Waals surface area contributed by atoms with E-state index in [9.17, 15) is 5.11 Å². The van der Waals surface area contributed by atoms with Crippen LogP contribution < -0.4 is 0 Å². The Labute approximate surface area is 96.5 Å². The number of hydrogen-bond acceptors (Lipinski definition) is 4. The highest BCUT2D eigenvalue weighted by Gasteiger charge is 2.31. The lowest BCUT2D eigenvalue weighted by atomic mass is 10.0. The summed E-state index contributed by atoms with van der Waals surface area (Å²) in [5, 5.41) is 9.63. The Hall–Kier alpha value is -0.680. The largest absolute Gasteiger partial charge is 0.391 e. The van der Waals surface area contributed by atoms with E-state index in [-0.39, 0.29) is 25.1 Å². The van der Waals surface area contributed by atoms with Gasteiger partial charge < -0.3 is 19.3 Å². The quantitative estimate of drug-likeness (QED) is 0.549. The molecule has 4 heteroatoms. The second-order valence-electron chi connectivity index (χ2n) is 3.83. The highest BCUT2D eigenvalue weighted by molar-refractivity contribution is 5.05. The first-order valence-electron chi connectivity index (χ1n) is 5.42. The molecule has 1 heterocycles. The molecule has 0 amide bonds. The molecule has 0 aromatic rings. The highest BCUT2D eigenvalue weighted by atomic mass is 16.7. The van der Waals surface area contributed by atoms with Crippen LogP contribution in [0.3, 0.4) is 0 Å². The lowest BCUT2D eigenvalue weighted by Crippen LogP contribution is -2.44. The predicted octanol–water partition coefficient (Wildman–Crippen LogP) is 1.26. The van der Waals surface area contributed by atoms with Gasteiger partial charge in [0.15, 0.2) is 0 Å². The van der Waals surface area contributed by atoms with Crippen molar-refractivity contribution in [3.8, 4) is 0 Å². The van der Waals surface area contributed by atoms with Crippen molar-refractivity contribution >= 4 is 0 Å². The zero-order valence-electron chi connectivity index (χ0n) is 9.83. The van der Waals surface area contributed by atoms with Gasteiger partial charge in [0.2, 0.25) is 0 Å². The van der Waals surface area contributed by atoms with Crippen LogP contribution in [0.2, 0.25) is 0 Å². The summed E-state index contributed by atoms with van der Waals surface area (Å²) in [6.07, 6.45) is 5.14. The van der Waals surface area contributed by atoms with Gasteiger partial charge in [-0.05, 0) is 13.3 Å². The maximum Gasteiger partial charge on any atom is 0.147 e. The number of aliphatic hydroxyl groups excluding tert-OH is 1. The van der Waals surface area contributed by atoms with Gasteiger partial charge in [-0.15, -0.1) is 6.58 Å². The van der Waals surface area contributed by atoms with E-state index in [0.29, 0.717) is 0 Å². The summed E-state index contributed by atoms with van der Waals surface area (Å²) < 4.78 is 16.0. The van der Waals surface area contributed by atoms with Crippen LogP contribution >= 0.6 is 0 Å². The van der Waals surface area contributed by atoms with Gasteiger partial charge in [-0.3, -0.25) is 0 Å². The Bertz CT molecular complexity index is 237. The van der Waals surface area contributed by atoms with E-state index in [4.69, 9.17) is 14.2 Å². The van der Waals surface area contributed by atoms with Crippen LogP contribution in [0.25, 0.3) is 0 Å². The molecule has 1 aliphatic heterocycles. The molecule has 0 fully saturated rings. The van der Waals surface area contributed by atoms with E-state index >= 15 is 0 Å². The summed E-state index contributed by atoms with van der Waals surface area (Å²) in [5.74, 6) is 0. The summed E-state index contributed by atoms with van der Waals surface area (Å²) in [5.41, 5.74) is 0. The molecule has 1 N–H and O–H groups in total. The molecule has 1 unspecified atom stereocenters. The van der Waals surface area contributed by atoms with E-state index in [1.54, 1.807) is 20.1 Å². The Morgan fingerprint density at radius 3 is 2.88 bits per heavy atom. The number of rotatable bonds is 6. The van der Waals surface area contributed by atoms with E-state index in [1.165, 1.54) is 0 Å². The highest BCUT2D eigenvalue weighted by Crippen LogP contribution is 2.20. The van der Waals surface area contributed by atoms with Gasteiger partial charge in [-0.2, -0.15) is 0 Å². The summed E-state index contributed by atoms with van der Waals surface area (Å²) in [4.78, 5) is 0. The number of methoxy groups -OCH3 is 1. The third kappa shape index (κ3) is 3.72. The van der Waals surface area contributed by atoms with Crippen LogP contribution in [0.5, 0.6) is 0 Å². The zero-order chi connectivity index (χ0) is 12.0. The molecule has 0 aliphatic carbocycles. The van der Waals surface area contributed by atoms with Gasteiger partial charge in [-0.25, -0.2) is 0 Å². The summed E-state index contributed by atoms with van der Waals surface area (Å²) >= 11 is 0. The monoisotopic (exact) mass is 228 g/mol. The van der Waals surface area contributed by atoms with Gasteiger partial charge in [0.1, 0.15) is 19.0 Å². The van der Waals surface area contributed by atoms with Crippen molar-refractivity contribution < 1.29 is 19.3 Å². The molecule has 0 aromatic carbocycles. The third-order valence-corrected chi connectivity index (χ3v) is 2.42. The fourth-order valence-corrected chi connectivity index (χ4v) is 1.65. The van der Waals surface area contributed by atoms with E-state index < -0.39 is 6.10 Å². The van der Waals surface area contributed by atoms with Crippen LogP contribution in [-0.4, -0.2) is 43.4 Å². The maximum atomic E-state index is 9.63. The van der Waals surface area contributed by atoms with Gasteiger partial charge in [0.25, 0.3) is 0 Å². The molecular weight excluding hydrogens is 208 g/mol. The van der Waals surface area contributed by atoms with E-state index in [0.717, 1.165) is 6.42 Å². The molecule has 0 bridgehead atoms. The number of hydrogen-bond donors (Lipinski definition) is 1. The molecule has 0 saturated carbocycles.